The number of morpholine rings is 1. The molecule has 0 N–H and O–H groups in total. The van der Waals surface area contributed by atoms with Crippen molar-refractivity contribution in [2.75, 3.05) is 46.1 Å². The van der Waals surface area contributed by atoms with Crippen LogP contribution in [-0.4, -0.2) is 51.0 Å². The first kappa shape index (κ1) is 14.8. The Morgan fingerprint density at radius 1 is 1.15 bits per heavy atom. The molecule has 4 fully saturated rings. The van der Waals surface area contributed by atoms with E-state index in [2.05, 4.69) is 18.7 Å². The monoisotopic (exact) mass is 281 g/mol. The van der Waals surface area contributed by atoms with E-state index in [1.807, 2.05) is 0 Å². The maximum absolute atomic E-state index is 5.89. The van der Waals surface area contributed by atoms with Gasteiger partial charge in [-0.25, -0.2) is 0 Å². The van der Waals surface area contributed by atoms with Crippen molar-refractivity contribution in [3.05, 3.63) is 0 Å². The van der Waals surface area contributed by atoms with E-state index in [9.17, 15) is 0 Å². The van der Waals surface area contributed by atoms with Crippen molar-refractivity contribution in [2.45, 2.75) is 39.5 Å². The van der Waals surface area contributed by atoms with E-state index in [4.69, 9.17) is 9.47 Å². The van der Waals surface area contributed by atoms with Gasteiger partial charge in [0.2, 0.25) is 0 Å². The van der Waals surface area contributed by atoms with Crippen LogP contribution in [0.1, 0.15) is 39.5 Å². The average Bonchev–Trinajstić information content (AvgIpc) is 2.48. The van der Waals surface area contributed by atoms with E-state index < -0.39 is 0 Å². The van der Waals surface area contributed by atoms with E-state index >= 15 is 0 Å². The zero-order valence-corrected chi connectivity index (χ0v) is 13.3. The van der Waals surface area contributed by atoms with E-state index in [1.165, 1.54) is 25.7 Å². The second kappa shape index (κ2) is 6.33. The van der Waals surface area contributed by atoms with Gasteiger partial charge in [0.05, 0.1) is 19.8 Å². The quantitative estimate of drug-likeness (QED) is 0.699. The summed E-state index contributed by atoms with van der Waals surface area (Å²) in [4.78, 5) is 2.45. The smallest absolute Gasteiger partial charge is 0.0594 e. The molecule has 3 aliphatic carbocycles. The van der Waals surface area contributed by atoms with E-state index in [0.29, 0.717) is 5.41 Å². The Bertz CT molecular complexity index is 310. The topological polar surface area (TPSA) is 21.7 Å². The molecule has 1 heterocycles. The van der Waals surface area contributed by atoms with Gasteiger partial charge >= 0.3 is 0 Å². The fourth-order valence-corrected chi connectivity index (χ4v) is 4.66. The minimum atomic E-state index is 0.622. The summed E-state index contributed by atoms with van der Waals surface area (Å²) >= 11 is 0. The maximum atomic E-state index is 5.89. The molecule has 0 amide bonds. The third kappa shape index (κ3) is 3.05. The lowest BCUT2D eigenvalue weighted by Crippen LogP contribution is -2.52. The predicted molar refractivity (Wildman–Crippen MR) is 80.8 cm³/mol. The minimum Gasteiger partial charge on any atom is -0.380 e. The summed E-state index contributed by atoms with van der Waals surface area (Å²) in [6, 6.07) is 0. The van der Waals surface area contributed by atoms with Crippen LogP contribution in [0, 0.1) is 23.2 Å². The first-order valence-corrected chi connectivity index (χ1v) is 8.56. The molecule has 116 valence electrons. The lowest BCUT2D eigenvalue weighted by molar-refractivity contribution is -0.111. The molecule has 0 unspecified atom stereocenters. The van der Waals surface area contributed by atoms with E-state index in [-0.39, 0.29) is 0 Å². The Balaban J connectivity index is 1.28. The van der Waals surface area contributed by atoms with Crippen molar-refractivity contribution >= 4 is 0 Å². The summed E-state index contributed by atoms with van der Waals surface area (Å²) in [6.07, 6.45) is 5.68. The first-order chi connectivity index (χ1) is 9.68. The summed E-state index contributed by atoms with van der Waals surface area (Å²) in [5.74, 6) is 2.92. The summed E-state index contributed by atoms with van der Waals surface area (Å²) in [7, 11) is 0. The number of rotatable bonds is 6. The molecule has 2 bridgehead atoms. The van der Waals surface area contributed by atoms with Crippen molar-refractivity contribution < 1.29 is 9.47 Å². The third-order valence-corrected chi connectivity index (χ3v) is 6.29. The van der Waals surface area contributed by atoms with Gasteiger partial charge in [0, 0.05) is 26.2 Å². The normalized spacial score (nSPS) is 36.6. The average molecular weight is 281 g/mol. The van der Waals surface area contributed by atoms with Crippen molar-refractivity contribution in [3.63, 3.8) is 0 Å². The van der Waals surface area contributed by atoms with Gasteiger partial charge in [-0.1, -0.05) is 13.8 Å². The van der Waals surface area contributed by atoms with Gasteiger partial charge < -0.3 is 9.47 Å². The lowest BCUT2D eigenvalue weighted by Gasteiger charge is -2.60. The molecule has 1 aliphatic heterocycles. The van der Waals surface area contributed by atoms with Crippen LogP contribution >= 0.6 is 0 Å². The molecule has 0 aromatic carbocycles. The third-order valence-electron chi connectivity index (χ3n) is 6.29. The summed E-state index contributed by atoms with van der Waals surface area (Å²) in [6.45, 7) is 11.8. The maximum Gasteiger partial charge on any atom is 0.0594 e. The fraction of sp³-hybridized carbons (Fsp3) is 1.00. The van der Waals surface area contributed by atoms with Crippen molar-refractivity contribution in [2.24, 2.45) is 23.2 Å². The molecular formula is C17H31NO2. The van der Waals surface area contributed by atoms with Gasteiger partial charge in [-0.05, 0) is 48.9 Å². The molecule has 4 rings (SSSR count). The number of hydrogen-bond acceptors (Lipinski definition) is 3. The van der Waals surface area contributed by atoms with Crippen LogP contribution in [0.2, 0.25) is 0 Å². The molecule has 3 saturated carbocycles. The molecule has 4 aliphatic rings. The Morgan fingerprint density at radius 3 is 2.65 bits per heavy atom. The van der Waals surface area contributed by atoms with Crippen molar-refractivity contribution in [3.8, 4) is 0 Å². The highest BCUT2D eigenvalue weighted by Crippen LogP contribution is 2.61. The van der Waals surface area contributed by atoms with Gasteiger partial charge in [-0.15, -0.1) is 0 Å². The predicted octanol–water partition coefficient (Wildman–Crippen LogP) is 2.80. The SMILES string of the molecule is CC1(C)[C@@H]2CC[C@H](CCOCCN3CCOCC3)[C@H]1C2. The Morgan fingerprint density at radius 2 is 1.95 bits per heavy atom. The molecule has 3 heteroatoms. The summed E-state index contributed by atoms with van der Waals surface area (Å²) in [5, 5.41) is 0. The summed E-state index contributed by atoms with van der Waals surface area (Å²) in [5.41, 5.74) is 0.622. The Hall–Kier alpha value is -0.120. The molecular weight excluding hydrogens is 250 g/mol. The molecule has 3 atom stereocenters. The highest BCUT2D eigenvalue weighted by Gasteiger charge is 2.53. The van der Waals surface area contributed by atoms with Crippen LogP contribution in [0.3, 0.4) is 0 Å². The fourth-order valence-electron chi connectivity index (χ4n) is 4.66. The number of ether oxygens (including phenoxy) is 2. The van der Waals surface area contributed by atoms with Crippen LogP contribution in [0.4, 0.5) is 0 Å². The van der Waals surface area contributed by atoms with Gasteiger partial charge in [-0.2, -0.15) is 0 Å². The van der Waals surface area contributed by atoms with Crippen LogP contribution in [0.5, 0.6) is 0 Å². The molecule has 0 radical (unpaired) electrons. The van der Waals surface area contributed by atoms with Gasteiger partial charge in [0.1, 0.15) is 0 Å². The van der Waals surface area contributed by atoms with Crippen LogP contribution < -0.4 is 0 Å². The zero-order valence-electron chi connectivity index (χ0n) is 13.3. The van der Waals surface area contributed by atoms with Gasteiger partial charge in [0.15, 0.2) is 0 Å². The molecule has 0 aromatic rings. The Kier molecular flexibility index (Phi) is 4.68. The molecule has 0 aromatic heterocycles. The zero-order chi connectivity index (χ0) is 14.0. The van der Waals surface area contributed by atoms with Crippen molar-refractivity contribution in [1.29, 1.82) is 0 Å². The number of nitrogens with zero attached hydrogens (tertiary/aromatic N) is 1. The number of fused-ring (bicyclic) bond motifs is 2. The van der Waals surface area contributed by atoms with E-state index in [1.54, 1.807) is 0 Å². The molecule has 1 saturated heterocycles. The number of hydrogen-bond donors (Lipinski definition) is 0. The molecule has 3 nitrogen and oxygen atoms in total. The second-order valence-corrected chi connectivity index (χ2v) is 7.55. The second-order valence-electron chi connectivity index (χ2n) is 7.55. The van der Waals surface area contributed by atoms with E-state index in [0.717, 1.165) is 63.8 Å². The standard InChI is InChI=1S/C17H31NO2/c1-17(2)15-4-3-14(16(17)13-15)5-9-19-10-6-18-7-11-20-12-8-18/h14-16H,3-13H2,1-2H3/t14-,15-,16-/m1/s1. The highest BCUT2D eigenvalue weighted by molar-refractivity contribution is 5.03. The molecule has 0 spiro atoms. The first-order valence-electron chi connectivity index (χ1n) is 8.56. The summed E-state index contributed by atoms with van der Waals surface area (Å²) < 4.78 is 11.3. The lowest BCUT2D eigenvalue weighted by atomic mass is 9.45. The van der Waals surface area contributed by atoms with Gasteiger partial charge in [-0.3, -0.25) is 4.90 Å². The molecule has 20 heavy (non-hydrogen) atoms. The van der Waals surface area contributed by atoms with Gasteiger partial charge in [0.25, 0.3) is 0 Å². The largest absolute Gasteiger partial charge is 0.380 e. The minimum absolute atomic E-state index is 0.622. The van der Waals surface area contributed by atoms with Crippen LogP contribution in [-0.2, 0) is 9.47 Å². The Labute approximate surface area is 124 Å². The van der Waals surface area contributed by atoms with Crippen LogP contribution in [0.15, 0.2) is 0 Å². The highest BCUT2D eigenvalue weighted by atomic mass is 16.5. The van der Waals surface area contributed by atoms with Crippen LogP contribution in [0.25, 0.3) is 0 Å². The van der Waals surface area contributed by atoms with Crippen molar-refractivity contribution in [1.82, 2.24) is 4.90 Å².